The highest BCUT2D eigenvalue weighted by Gasteiger charge is 2.17. The number of rotatable bonds is 2. The summed E-state index contributed by atoms with van der Waals surface area (Å²) in [6, 6.07) is 17.1. The highest BCUT2D eigenvalue weighted by molar-refractivity contribution is 6.20. The van der Waals surface area contributed by atoms with E-state index in [9.17, 15) is 9.18 Å². The minimum absolute atomic E-state index is 0.105. The Morgan fingerprint density at radius 2 is 1.73 bits per heavy atom. The van der Waals surface area contributed by atoms with Crippen LogP contribution < -0.4 is 0 Å². The van der Waals surface area contributed by atoms with E-state index >= 15 is 0 Å². The fraction of sp³-hybridized carbons (Fsp3) is 0. The van der Waals surface area contributed by atoms with Crippen LogP contribution in [0.25, 0.3) is 21.7 Å². The molecule has 106 valence electrons. The Balaban J connectivity index is 2.03. The molecule has 0 amide bonds. The van der Waals surface area contributed by atoms with Gasteiger partial charge in [-0.25, -0.2) is 4.39 Å². The number of fused-ring (bicyclic) bond motifs is 3. The molecule has 0 fully saturated rings. The fourth-order valence-electron chi connectivity index (χ4n) is 2.75. The van der Waals surface area contributed by atoms with Crippen molar-refractivity contribution in [2.24, 2.45) is 0 Å². The lowest BCUT2D eigenvalue weighted by molar-refractivity contribution is 0.103. The van der Waals surface area contributed by atoms with E-state index in [1.54, 1.807) is 30.3 Å². The van der Waals surface area contributed by atoms with Crippen LogP contribution in [-0.2, 0) is 0 Å². The summed E-state index contributed by atoms with van der Waals surface area (Å²) in [5, 5.41) is 2.30. The quantitative estimate of drug-likeness (QED) is 0.489. The Bertz CT molecular complexity index is 1000. The van der Waals surface area contributed by atoms with Crippen LogP contribution in [-0.4, -0.2) is 5.78 Å². The van der Waals surface area contributed by atoms with Crippen LogP contribution in [0.5, 0.6) is 0 Å². The predicted octanol–water partition coefficient (Wildman–Crippen LogP) is 4.96. The average molecular weight is 290 g/mol. The molecule has 0 spiro atoms. The first kappa shape index (κ1) is 12.8. The van der Waals surface area contributed by atoms with Crippen molar-refractivity contribution in [3.8, 4) is 0 Å². The molecule has 22 heavy (non-hydrogen) atoms. The van der Waals surface area contributed by atoms with Crippen LogP contribution >= 0.6 is 0 Å². The molecule has 0 radical (unpaired) electrons. The summed E-state index contributed by atoms with van der Waals surface area (Å²) in [7, 11) is 0. The molecule has 0 N–H and O–H groups in total. The fourth-order valence-corrected chi connectivity index (χ4v) is 2.75. The van der Waals surface area contributed by atoms with Gasteiger partial charge >= 0.3 is 0 Å². The third-order valence-electron chi connectivity index (χ3n) is 3.80. The highest BCUT2D eigenvalue weighted by Crippen LogP contribution is 2.31. The summed E-state index contributed by atoms with van der Waals surface area (Å²) >= 11 is 0. The molecular weight excluding hydrogens is 279 g/mol. The standard InChI is InChI=1S/C19H11FO2/c20-14-7-6-13-10-17(18(21)12-4-2-1-3-5-12)19-15(8-9-22-19)16(13)11-14/h1-11H. The number of benzene rings is 3. The van der Waals surface area contributed by atoms with Crippen LogP contribution in [0, 0.1) is 5.82 Å². The Morgan fingerprint density at radius 3 is 2.55 bits per heavy atom. The number of hydrogen-bond acceptors (Lipinski definition) is 2. The second kappa shape index (κ2) is 4.81. The molecule has 0 saturated heterocycles. The zero-order chi connectivity index (χ0) is 15.1. The van der Waals surface area contributed by atoms with Crippen molar-refractivity contribution in [2.75, 3.05) is 0 Å². The molecule has 0 atom stereocenters. The first-order valence-electron chi connectivity index (χ1n) is 6.93. The van der Waals surface area contributed by atoms with Gasteiger partial charge in [0.15, 0.2) is 5.78 Å². The van der Waals surface area contributed by atoms with E-state index in [4.69, 9.17) is 4.42 Å². The van der Waals surface area contributed by atoms with Crippen molar-refractivity contribution in [3.63, 3.8) is 0 Å². The predicted molar refractivity (Wildman–Crippen MR) is 83.6 cm³/mol. The van der Waals surface area contributed by atoms with E-state index in [0.29, 0.717) is 16.7 Å². The first-order valence-corrected chi connectivity index (χ1v) is 6.93. The van der Waals surface area contributed by atoms with Gasteiger partial charge in [-0.1, -0.05) is 36.4 Å². The van der Waals surface area contributed by atoms with Gasteiger partial charge in [0.1, 0.15) is 11.4 Å². The van der Waals surface area contributed by atoms with Crippen molar-refractivity contribution in [1.82, 2.24) is 0 Å². The van der Waals surface area contributed by atoms with Crippen LogP contribution in [0.15, 0.2) is 71.3 Å². The van der Waals surface area contributed by atoms with Gasteiger partial charge in [0.25, 0.3) is 0 Å². The summed E-state index contributed by atoms with van der Waals surface area (Å²) in [5.74, 6) is -0.413. The van der Waals surface area contributed by atoms with Crippen molar-refractivity contribution < 1.29 is 13.6 Å². The van der Waals surface area contributed by atoms with Crippen molar-refractivity contribution >= 4 is 27.5 Å². The van der Waals surface area contributed by atoms with Crippen LogP contribution in [0.4, 0.5) is 4.39 Å². The van der Waals surface area contributed by atoms with Gasteiger partial charge in [-0.2, -0.15) is 0 Å². The number of furan rings is 1. The number of halogens is 1. The second-order valence-corrected chi connectivity index (χ2v) is 5.15. The molecule has 0 aliphatic carbocycles. The lowest BCUT2D eigenvalue weighted by atomic mass is 9.97. The molecule has 0 aliphatic heterocycles. The summed E-state index contributed by atoms with van der Waals surface area (Å²) in [6.45, 7) is 0. The highest BCUT2D eigenvalue weighted by atomic mass is 19.1. The molecule has 2 nitrogen and oxygen atoms in total. The summed E-state index contributed by atoms with van der Waals surface area (Å²) in [5.41, 5.74) is 1.58. The summed E-state index contributed by atoms with van der Waals surface area (Å²) in [6.07, 6.45) is 1.52. The third-order valence-corrected chi connectivity index (χ3v) is 3.80. The molecule has 3 aromatic carbocycles. The number of ketones is 1. The van der Waals surface area contributed by atoms with Gasteiger partial charge in [-0.05, 0) is 35.0 Å². The van der Waals surface area contributed by atoms with Crippen LogP contribution in [0.1, 0.15) is 15.9 Å². The van der Waals surface area contributed by atoms with Crippen LogP contribution in [0.3, 0.4) is 0 Å². The Kier molecular flexibility index (Phi) is 2.79. The van der Waals surface area contributed by atoms with Crippen LogP contribution in [0.2, 0.25) is 0 Å². The second-order valence-electron chi connectivity index (χ2n) is 5.15. The monoisotopic (exact) mass is 290 g/mol. The first-order chi connectivity index (χ1) is 10.7. The maximum atomic E-state index is 13.5. The van der Waals surface area contributed by atoms with Gasteiger partial charge in [-0.3, -0.25) is 4.79 Å². The normalized spacial score (nSPS) is 11.1. The topological polar surface area (TPSA) is 30.2 Å². The molecule has 1 aromatic heterocycles. The largest absolute Gasteiger partial charge is 0.464 e. The lowest BCUT2D eigenvalue weighted by Gasteiger charge is -2.06. The van der Waals surface area contributed by atoms with E-state index in [0.717, 1.165) is 16.2 Å². The molecular formula is C19H11FO2. The molecule has 0 saturated carbocycles. The molecule has 3 heteroatoms. The van der Waals surface area contributed by atoms with E-state index in [1.165, 1.54) is 18.4 Å². The van der Waals surface area contributed by atoms with Crippen molar-refractivity contribution in [1.29, 1.82) is 0 Å². The Hall–Kier alpha value is -2.94. The van der Waals surface area contributed by atoms with Gasteiger partial charge in [0.05, 0.1) is 11.8 Å². The molecule has 0 unspecified atom stereocenters. The molecule has 4 aromatic rings. The zero-order valence-corrected chi connectivity index (χ0v) is 11.5. The van der Waals surface area contributed by atoms with Gasteiger partial charge in [0, 0.05) is 10.9 Å². The summed E-state index contributed by atoms with van der Waals surface area (Å²) in [4.78, 5) is 12.7. The van der Waals surface area contributed by atoms with E-state index in [2.05, 4.69) is 0 Å². The minimum atomic E-state index is -0.308. The SMILES string of the molecule is O=C(c1ccccc1)c1cc2ccc(F)cc2c2ccoc12. The Morgan fingerprint density at radius 1 is 0.909 bits per heavy atom. The average Bonchev–Trinajstić information content (AvgIpc) is 3.04. The molecule has 1 heterocycles. The van der Waals surface area contributed by atoms with Gasteiger partial charge in [-0.15, -0.1) is 0 Å². The van der Waals surface area contributed by atoms with Crippen molar-refractivity contribution in [3.05, 3.63) is 83.9 Å². The smallest absolute Gasteiger partial charge is 0.196 e. The van der Waals surface area contributed by atoms with E-state index < -0.39 is 0 Å². The lowest BCUT2D eigenvalue weighted by Crippen LogP contribution is -2.01. The molecule has 0 aliphatic rings. The number of carbonyl (C=O) groups excluding carboxylic acids is 1. The maximum absolute atomic E-state index is 13.5. The third kappa shape index (κ3) is 1.91. The molecule has 4 rings (SSSR count). The number of carbonyl (C=O) groups is 1. The minimum Gasteiger partial charge on any atom is -0.464 e. The van der Waals surface area contributed by atoms with Crippen molar-refractivity contribution in [2.45, 2.75) is 0 Å². The zero-order valence-electron chi connectivity index (χ0n) is 11.5. The maximum Gasteiger partial charge on any atom is 0.196 e. The van der Waals surface area contributed by atoms with Gasteiger partial charge in [0.2, 0.25) is 0 Å². The summed E-state index contributed by atoms with van der Waals surface area (Å²) < 4.78 is 19.0. The van der Waals surface area contributed by atoms with E-state index in [1.807, 2.05) is 18.2 Å². The van der Waals surface area contributed by atoms with E-state index in [-0.39, 0.29) is 11.6 Å². The Labute approximate surface area is 125 Å². The molecule has 0 bridgehead atoms. The number of hydrogen-bond donors (Lipinski definition) is 0. The van der Waals surface area contributed by atoms with Gasteiger partial charge < -0.3 is 4.42 Å².